The number of nitrogens with one attached hydrogen (secondary N) is 2. The highest BCUT2D eigenvalue weighted by atomic mass is 35.5. The lowest BCUT2D eigenvalue weighted by Crippen LogP contribution is -1.97. The van der Waals surface area contributed by atoms with E-state index in [0.717, 1.165) is 11.5 Å². The van der Waals surface area contributed by atoms with Gasteiger partial charge in [-0.15, -0.1) is 0 Å². The minimum Gasteiger partial charge on any atom is -0.373 e. The number of hydrogen-bond acceptors (Lipinski definition) is 5. The van der Waals surface area contributed by atoms with E-state index in [1.807, 2.05) is 18.2 Å². The van der Waals surface area contributed by atoms with Crippen LogP contribution in [0.1, 0.15) is 5.56 Å². The number of hydrogen-bond donors (Lipinski definition) is 2. The first kappa shape index (κ1) is 12.1. The van der Waals surface area contributed by atoms with Crippen molar-refractivity contribution in [2.75, 3.05) is 17.7 Å². The van der Waals surface area contributed by atoms with Crippen molar-refractivity contribution >= 4 is 28.9 Å². The minimum absolute atomic E-state index is 0.395. The van der Waals surface area contributed by atoms with Gasteiger partial charge in [-0.2, -0.15) is 5.26 Å². The van der Waals surface area contributed by atoms with Crippen molar-refractivity contribution in [2.24, 2.45) is 0 Å². The van der Waals surface area contributed by atoms with Crippen LogP contribution in [-0.2, 0) is 0 Å². The molecule has 2 heterocycles. The molecule has 5 nitrogen and oxygen atoms in total. The first-order chi connectivity index (χ1) is 8.72. The molecule has 2 N–H and O–H groups in total. The molecule has 90 valence electrons. The number of anilines is 3. The van der Waals surface area contributed by atoms with Crippen molar-refractivity contribution in [3.05, 3.63) is 41.2 Å². The Kier molecular flexibility index (Phi) is 3.60. The maximum Gasteiger partial charge on any atom is 0.149 e. The van der Waals surface area contributed by atoms with E-state index >= 15 is 0 Å². The van der Waals surface area contributed by atoms with Crippen LogP contribution in [0.3, 0.4) is 0 Å². The predicted molar refractivity (Wildman–Crippen MR) is 71.0 cm³/mol. The van der Waals surface area contributed by atoms with Gasteiger partial charge < -0.3 is 10.6 Å². The Balaban J connectivity index is 2.20. The molecular weight excluding hydrogens is 250 g/mol. The fourth-order valence-corrected chi connectivity index (χ4v) is 1.56. The number of pyridine rings is 2. The van der Waals surface area contributed by atoms with Crippen molar-refractivity contribution in [1.29, 1.82) is 5.26 Å². The predicted octanol–water partition coefficient (Wildman–Crippen LogP) is 2.79. The second kappa shape index (κ2) is 5.34. The first-order valence-electron chi connectivity index (χ1n) is 5.19. The molecule has 0 aliphatic heterocycles. The van der Waals surface area contributed by atoms with Crippen LogP contribution in [0, 0.1) is 11.3 Å². The van der Waals surface area contributed by atoms with Gasteiger partial charge in [0.1, 0.15) is 17.7 Å². The third-order valence-corrected chi connectivity index (χ3v) is 2.54. The van der Waals surface area contributed by atoms with Crippen molar-refractivity contribution in [1.82, 2.24) is 9.97 Å². The Labute approximate surface area is 109 Å². The summed E-state index contributed by atoms with van der Waals surface area (Å²) >= 11 is 6.01. The van der Waals surface area contributed by atoms with Crippen LogP contribution in [0.5, 0.6) is 0 Å². The van der Waals surface area contributed by atoms with E-state index in [1.165, 1.54) is 6.20 Å². The van der Waals surface area contributed by atoms with Gasteiger partial charge in [-0.25, -0.2) is 9.97 Å². The molecule has 18 heavy (non-hydrogen) atoms. The lowest BCUT2D eigenvalue weighted by molar-refractivity contribution is 1.25. The molecule has 0 aliphatic rings. The fourth-order valence-electron chi connectivity index (χ4n) is 1.34. The SMILES string of the molecule is CNc1ccc(Nc2ncc(C#N)cc2Cl)cn1. The zero-order valence-corrected chi connectivity index (χ0v) is 10.4. The van der Waals surface area contributed by atoms with Gasteiger partial charge in [0.15, 0.2) is 0 Å². The highest BCUT2D eigenvalue weighted by Crippen LogP contribution is 2.23. The van der Waals surface area contributed by atoms with Crippen LogP contribution in [0.25, 0.3) is 0 Å². The Hall–Kier alpha value is -2.32. The van der Waals surface area contributed by atoms with Gasteiger partial charge in [0, 0.05) is 13.2 Å². The lowest BCUT2D eigenvalue weighted by Gasteiger charge is -2.07. The summed E-state index contributed by atoms with van der Waals surface area (Å²) in [6.07, 6.45) is 3.13. The quantitative estimate of drug-likeness (QED) is 0.887. The molecule has 2 rings (SSSR count). The lowest BCUT2D eigenvalue weighted by atomic mass is 10.3. The summed E-state index contributed by atoms with van der Waals surface area (Å²) < 4.78 is 0. The Morgan fingerprint density at radius 1 is 1.28 bits per heavy atom. The van der Waals surface area contributed by atoms with Crippen molar-refractivity contribution in [3.8, 4) is 6.07 Å². The van der Waals surface area contributed by atoms with E-state index in [2.05, 4.69) is 20.6 Å². The maximum atomic E-state index is 8.71. The first-order valence-corrected chi connectivity index (χ1v) is 5.57. The number of rotatable bonds is 3. The monoisotopic (exact) mass is 259 g/mol. The number of aromatic nitrogens is 2. The number of halogens is 1. The summed E-state index contributed by atoms with van der Waals surface area (Å²) in [6.45, 7) is 0. The topological polar surface area (TPSA) is 73.6 Å². The Bertz CT molecular complexity index is 588. The van der Waals surface area contributed by atoms with E-state index < -0.39 is 0 Å². The normalized spacial score (nSPS) is 9.61. The van der Waals surface area contributed by atoms with E-state index in [9.17, 15) is 0 Å². The van der Waals surface area contributed by atoms with E-state index in [-0.39, 0.29) is 0 Å². The van der Waals surface area contributed by atoms with Crippen LogP contribution in [0.2, 0.25) is 5.02 Å². The Morgan fingerprint density at radius 2 is 2.11 bits per heavy atom. The minimum atomic E-state index is 0.395. The molecule has 0 spiro atoms. The molecule has 0 bridgehead atoms. The summed E-state index contributed by atoms with van der Waals surface area (Å²) in [5.41, 5.74) is 1.20. The third kappa shape index (κ3) is 2.67. The van der Waals surface area contributed by atoms with Crippen LogP contribution >= 0.6 is 11.6 Å². The second-order valence-electron chi connectivity index (χ2n) is 3.47. The summed E-state index contributed by atoms with van der Waals surface area (Å²) in [5.74, 6) is 1.27. The largest absolute Gasteiger partial charge is 0.373 e. The van der Waals surface area contributed by atoms with Crippen molar-refractivity contribution < 1.29 is 0 Å². The molecule has 0 saturated carbocycles. The summed E-state index contributed by atoms with van der Waals surface area (Å²) in [6, 6.07) is 7.23. The van der Waals surface area contributed by atoms with Crippen molar-refractivity contribution in [3.63, 3.8) is 0 Å². The van der Waals surface area contributed by atoms with Crippen molar-refractivity contribution in [2.45, 2.75) is 0 Å². The van der Waals surface area contributed by atoms with Gasteiger partial charge in [0.2, 0.25) is 0 Å². The van der Waals surface area contributed by atoms with E-state index in [1.54, 1.807) is 19.3 Å². The zero-order chi connectivity index (χ0) is 13.0. The zero-order valence-electron chi connectivity index (χ0n) is 9.61. The van der Waals surface area contributed by atoms with E-state index in [4.69, 9.17) is 16.9 Å². The summed E-state index contributed by atoms with van der Waals surface area (Å²) in [4.78, 5) is 8.24. The third-order valence-electron chi connectivity index (χ3n) is 2.25. The standard InChI is InChI=1S/C12H10ClN5/c1-15-11-3-2-9(7-16-11)18-12-10(13)4-8(5-14)6-17-12/h2-4,6-7H,1H3,(H,15,16)(H,17,18). The average Bonchev–Trinajstić information content (AvgIpc) is 2.42. The van der Waals surface area contributed by atoms with Crippen LogP contribution in [0.15, 0.2) is 30.6 Å². The highest BCUT2D eigenvalue weighted by Gasteiger charge is 2.04. The van der Waals surface area contributed by atoms with Gasteiger partial charge in [-0.3, -0.25) is 0 Å². The highest BCUT2D eigenvalue weighted by molar-refractivity contribution is 6.33. The molecule has 0 aliphatic carbocycles. The molecule has 0 radical (unpaired) electrons. The van der Waals surface area contributed by atoms with Crippen LogP contribution < -0.4 is 10.6 Å². The molecule has 2 aromatic rings. The Morgan fingerprint density at radius 3 is 2.67 bits per heavy atom. The summed E-state index contributed by atoms with van der Waals surface area (Å²) in [7, 11) is 1.80. The second-order valence-corrected chi connectivity index (χ2v) is 3.88. The smallest absolute Gasteiger partial charge is 0.149 e. The fraction of sp³-hybridized carbons (Fsp3) is 0.0833. The molecule has 0 fully saturated rings. The molecule has 0 atom stereocenters. The number of nitriles is 1. The summed E-state index contributed by atoms with van der Waals surface area (Å²) in [5, 5.41) is 15.1. The van der Waals surface area contributed by atoms with Gasteiger partial charge in [0.25, 0.3) is 0 Å². The maximum absolute atomic E-state index is 8.71. The molecule has 0 unspecified atom stereocenters. The van der Waals surface area contributed by atoms with Gasteiger partial charge >= 0.3 is 0 Å². The molecule has 0 amide bonds. The van der Waals surface area contributed by atoms with Gasteiger partial charge in [-0.05, 0) is 18.2 Å². The van der Waals surface area contributed by atoms with E-state index in [0.29, 0.717) is 16.4 Å². The molecule has 0 saturated heterocycles. The average molecular weight is 260 g/mol. The molecule has 6 heteroatoms. The van der Waals surface area contributed by atoms with Gasteiger partial charge in [-0.1, -0.05) is 11.6 Å². The van der Waals surface area contributed by atoms with Crippen LogP contribution in [-0.4, -0.2) is 17.0 Å². The molecular formula is C12H10ClN5. The molecule has 0 aromatic carbocycles. The number of nitrogens with zero attached hydrogens (tertiary/aromatic N) is 3. The van der Waals surface area contributed by atoms with Gasteiger partial charge in [0.05, 0.1) is 22.5 Å². The molecule has 2 aromatic heterocycles. The van der Waals surface area contributed by atoms with Crippen LogP contribution in [0.4, 0.5) is 17.3 Å².